The topological polar surface area (TPSA) is 61.8 Å². The van der Waals surface area contributed by atoms with Crippen molar-refractivity contribution in [3.63, 3.8) is 0 Å². The predicted molar refractivity (Wildman–Crippen MR) is 98.3 cm³/mol. The van der Waals surface area contributed by atoms with Crippen molar-refractivity contribution in [1.29, 1.82) is 0 Å². The van der Waals surface area contributed by atoms with E-state index in [0.29, 0.717) is 10.9 Å². The molecule has 1 aliphatic heterocycles. The number of amidine groups is 1. The van der Waals surface area contributed by atoms with E-state index in [-0.39, 0.29) is 12.1 Å². The van der Waals surface area contributed by atoms with Crippen molar-refractivity contribution < 1.29 is 18.4 Å². The number of hydrogen-bond acceptors (Lipinski definition) is 4. The molecule has 0 aliphatic carbocycles. The molecule has 5 nitrogen and oxygen atoms in total. The van der Waals surface area contributed by atoms with E-state index in [4.69, 9.17) is 0 Å². The number of amides is 2. The summed E-state index contributed by atoms with van der Waals surface area (Å²) in [6.07, 6.45) is -0.0678. The Hall–Kier alpha value is -2.74. The van der Waals surface area contributed by atoms with E-state index in [1.807, 2.05) is 0 Å². The number of benzene rings is 2. The Morgan fingerprint density at radius 1 is 1.19 bits per heavy atom. The molecule has 3 rings (SSSR count). The van der Waals surface area contributed by atoms with Gasteiger partial charge < -0.3 is 5.32 Å². The van der Waals surface area contributed by atoms with Crippen LogP contribution in [0.3, 0.4) is 0 Å². The number of carbonyl (C=O) groups is 2. The summed E-state index contributed by atoms with van der Waals surface area (Å²) in [5.74, 6) is -2.03. The van der Waals surface area contributed by atoms with Gasteiger partial charge in [-0.2, -0.15) is 0 Å². The molecule has 1 heterocycles. The van der Waals surface area contributed by atoms with Gasteiger partial charge in [0.05, 0.1) is 5.69 Å². The van der Waals surface area contributed by atoms with Crippen LogP contribution in [-0.4, -0.2) is 29.3 Å². The Bertz CT molecular complexity index is 888. The van der Waals surface area contributed by atoms with Crippen molar-refractivity contribution in [3.8, 4) is 0 Å². The molecular formula is C18H15F2N3O2S. The zero-order chi connectivity index (χ0) is 18.7. The highest BCUT2D eigenvalue weighted by Gasteiger charge is 2.41. The summed E-state index contributed by atoms with van der Waals surface area (Å²) in [6.45, 7) is 0. The molecule has 2 aromatic rings. The third-order valence-corrected chi connectivity index (χ3v) is 4.89. The summed E-state index contributed by atoms with van der Waals surface area (Å²) < 4.78 is 27.2. The molecule has 1 atom stereocenters. The Kier molecular flexibility index (Phi) is 5.32. The molecule has 0 spiro atoms. The maximum Gasteiger partial charge on any atom is 0.247 e. The second kappa shape index (κ2) is 7.65. The van der Waals surface area contributed by atoms with Gasteiger partial charge in [-0.15, -0.1) is 0 Å². The van der Waals surface area contributed by atoms with E-state index in [2.05, 4.69) is 10.3 Å². The number of anilines is 2. The number of hydrogen-bond donors (Lipinski definition) is 1. The first kappa shape index (κ1) is 18.1. The van der Waals surface area contributed by atoms with Gasteiger partial charge in [-0.1, -0.05) is 30.0 Å². The van der Waals surface area contributed by atoms with E-state index >= 15 is 0 Å². The number of halogens is 2. The quantitative estimate of drug-likeness (QED) is 0.507. The molecule has 0 bridgehead atoms. The minimum Gasteiger partial charge on any atom is -0.335 e. The SMILES string of the molecule is CN=C(Nc1cccc(F)c1)SC1CC(=O)N(c2ccccc2F)C1=O. The second-order valence-corrected chi connectivity index (χ2v) is 6.68. The zero-order valence-corrected chi connectivity index (χ0v) is 14.6. The molecular weight excluding hydrogens is 360 g/mol. The standard InChI is InChI=1S/C18H15F2N3O2S/c1-21-18(22-12-6-4-5-11(19)9-12)26-15-10-16(24)23(17(15)25)14-8-3-2-7-13(14)20/h2-9,15H,10H2,1H3,(H,21,22). The number of nitrogens with zero attached hydrogens (tertiary/aromatic N) is 2. The van der Waals surface area contributed by atoms with Gasteiger partial charge in [-0.3, -0.25) is 14.6 Å². The van der Waals surface area contributed by atoms with Crippen LogP contribution in [0.1, 0.15) is 6.42 Å². The molecule has 1 saturated heterocycles. The van der Waals surface area contributed by atoms with Crippen LogP contribution >= 0.6 is 11.8 Å². The van der Waals surface area contributed by atoms with E-state index in [0.717, 1.165) is 16.7 Å². The van der Waals surface area contributed by atoms with Crippen molar-refractivity contribution in [1.82, 2.24) is 0 Å². The van der Waals surface area contributed by atoms with Crippen molar-refractivity contribution in [2.24, 2.45) is 4.99 Å². The third-order valence-electron chi connectivity index (χ3n) is 3.73. The van der Waals surface area contributed by atoms with E-state index in [1.165, 1.54) is 37.4 Å². The summed E-state index contributed by atoms with van der Waals surface area (Å²) in [5.41, 5.74) is 0.416. The average molecular weight is 375 g/mol. The normalized spacial score (nSPS) is 17.7. The summed E-state index contributed by atoms with van der Waals surface area (Å²) in [6, 6.07) is 11.4. The first-order valence-electron chi connectivity index (χ1n) is 7.77. The average Bonchev–Trinajstić information content (AvgIpc) is 2.88. The number of para-hydroxylation sites is 1. The number of nitrogens with one attached hydrogen (secondary N) is 1. The first-order valence-corrected chi connectivity index (χ1v) is 8.65. The van der Waals surface area contributed by atoms with Crippen LogP contribution in [0.15, 0.2) is 53.5 Å². The number of thioether (sulfide) groups is 1. The maximum atomic E-state index is 13.9. The molecule has 1 aliphatic rings. The van der Waals surface area contributed by atoms with E-state index in [1.54, 1.807) is 18.2 Å². The fraction of sp³-hybridized carbons (Fsp3) is 0.167. The number of imide groups is 1. The maximum absolute atomic E-state index is 13.9. The second-order valence-electron chi connectivity index (χ2n) is 5.49. The lowest BCUT2D eigenvalue weighted by Gasteiger charge is -2.16. The number of rotatable bonds is 3. The predicted octanol–water partition coefficient (Wildman–Crippen LogP) is 3.43. The molecule has 0 aromatic heterocycles. The summed E-state index contributed by atoms with van der Waals surface area (Å²) >= 11 is 1.05. The van der Waals surface area contributed by atoms with Gasteiger partial charge in [0.25, 0.3) is 0 Å². The molecule has 2 aromatic carbocycles. The molecule has 1 unspecified atom stereocenters. The first-order chi connectivity index (χ1) is 12.5. The smallest absolute Gasteiger partial charge is 0.247 e. The van der Waals surface area contributed by atoms with Crippen LogP contribution in [0.2, 0.25) is 0 Å². The molecule has 0 radical (unpaired) electrons. The van der Waals surface area contributed by atoms with Crippen molar-refractivity contribution in [2.75, 3.05) is 17.3 Å². The summed E-state index contributed by atoms with van der Waals surface area (Å²) in [7, 11) is 1.52. The largest absolute Gasteiger partial charge is 0.335 e. The molecule has 2 amide bonds. The Morgan fingerprint density at radius 2 is 1.96 bits per heavy atom. The van der Waals surface area contributed by atoms with Crippen LogP contribution in [-0.2, 0) is 9.59 Å². The molecule has 26 heavy (non-hydrogen) atoms. The highest BCUT2D eigenvalue weighted by atomic mass is 32.2. The Labute approximate surface area is 153 Å². The Morgan fingerprint density at radius 3 is 2.65 bits per heavy atom. The van der Waals surface area contributed by atoms with Gasteiger partial charge in [-0.25, -0.2) is 13.7 Å². The van der Waals surface area contributed by atoms with E-state index in [9.17, 15) is 18.4 Å². The lowest BCUT2D eigenvalue weighted by atomic mass is 10.3. The number of aliphatic imine (C=N–C) groups is 1. The molecule has 134 valence electrons. The van der Waals surface area contributed by atoms with Gasteiger partial charge in [0.1, 0.15) is 16.9 Å². The van der Waals surface area contributed by atoms with Crippen LogP contribution in [0.4, 0.5) is 20.2 Å². The molecule has 1 N–H and O–H groups in total. The van der Waals surface area contributed by atoms with Crippen molar-refractivity contribution in [2.45, 2.75) is 11.7 Å². The van der Waals surface area contributed by atoms with E-state index < -0.39 is 28.7 Å². The molecule has 8 heteroatoms. The number of carbonyl (C=O) groups excluding carboxylic acids is 2. The van der Waals surface area contributed by atoms with Crippen LogP contribution in [0, 0.1) is 11.6 Å². The lowest BCUT2D eigenvalue weighted by Crippen LogP contribution is -2.32. The lowest BCUT2D eigenvalue weighted by molar-refractivity contribution is -0.121. The minimum absolute atomic E-state index is 0.0568. The van der Waals surface area contributed by atoms with Gasteiger partial charge in [0, 0.05) is 19.2 Å². The van der Waals surface area contributed by atoms with Gasteiger partial charge in [0.2, 0.25) is 11.8 Å². The van der Waals surface area contributed by atoms with Gasteiger partial charge >= 0.3 is 0 Å². The van der Waals surface area contributed by atoms with Crippen molar-refractivity contribution in [3.05, 3.63) is 60.2 Å². The monoisotopic (exact) mass is 375 g/mol. The third kappa shape index (κ3) is 3.75. The fourth-order valence-corrected chi connectivity index (χ4v) is 3.53. The zero-order valence-electron chi connectivity index (χ0n) is 13.8. The van der Waals surface area contributed by atoms with Crippen LogP contribution in [0.25, 0.3) is 0 Å². The van der Waals surface area contributed by atoms with Crippen LogP contribution in [0.5, 0.6) is 0 Å². The Balaban J connectivity index is 1.75. The van der Waals surface area contributed by atoms with Crippen LogP contribution < -0.4 is 10.2 Å². The van der Waals surface area contributed by atoms with Gasteiger partial charge in [-0.05, 0) is 30.3 Å². The molecule has 0 saturated carbocycles. The minimum atomic E-state index is -0.734. The van der Waals surface area contributed by atoms with Gasteiger partial charge in [0.15, 0.2) is 5.17 Å². The fourth-order valence-electron chi connectivity index (χ4n) is 2.54. The summed E-state index contributed by atoms with van der Waals surface area (Å²) in [4.78, 5) is 29.7. The highest BCUT2D eigenvalue weighted by Crippen LogP contribution is 2.32. The summed E-state index contributed by atoms with van der Waals surface area (Å²) in [5, 5.41) is 2.54. The molecule has 1 fully saturated rings. The van der Waals surface area contributed by atoms with Crippen molar-refractivity contribution >= 4 is 40.1 Å². The highest BCUT2D eigenvalue weighted by molar-refractivity contribution is 8.15.